The fourth-order valence-electron chi connectivity index (χ4n) is 2.85. The van der Waals surface area contributed by atoms with Crippen LogP contribution < -0.4 is 11.1 Å². The third kappa shape index (κ3) is 3.23. The molecule has 1 aliphatic rings. The van der Waals surface area contributed by atoms with E-state index in [0.29, 0.717) is 6.54 Å². The molecule has 3 nitrogen and oxygen atoms in total. The summed E-state index contributed by atoms with van der Waals surface area (Å²) in [5.74, 6) is 0.0530. The number of hydrogen-bond donors (Lipinski definition) is 2. The van der Waals surface area contributed by atoms with Gasteiger partial charge >= 0.3 is 0 Å². The first kappa shape index (κ1) is 15.5. The van der Waals surface area contributed by atoms with Crippen molar-refractivity contribution < 1.29 is 4.79 Å². The first-order valence-electron chi connectivity index (χ1n) is 7.78. The number of amides is 1. The molecule has 0 atom stereocenters. The number of carbonyl (C=O) groups is 1. The minimum absolute atomic E-state index is 0.0530. The Labute approximate surface area is 125 Å². The van der Waals surface area contributed by atoms with E-state index >= 15 is 0 Å². The molecule has 0 aliphatic heterocycles. The van der Waals surface area contributed by atoms with Crippen LogP contribution in [0, 0.1) is 0 Å². The maximum Gasteiger partial charge on any atom is 0.261 e. The maximum absolute atomic E-state index is 12.5. The van der Waals surface area contributed by atoms with Crippen LogP contribution in [0.1, 0.15) is 66.1 Å². The van der Waals surface area contributed by atoms with Crippen molar-refractivity contribution >= 4 is 17.2 Å². The molecule has 20 heavy (non-hydrogen) atoms. The Morgan fingerprint density at radius 2 is 2.00 bits per heavy atom. The minimum atomic E-state index is -0.252. The Kier molecular flexibility index (Phi) is 5.22. The van der Waals surface area contributed by atoms with Gasteiger partial charge in [-0.05, 0) is 50.2 Å². The fraction of sp³-hybridized carbons (Fsp3) is 0.688. The largest absolute Gasteiger partial charge is 0.345 e. The van der Waals surface area contributed by atoms with Crippen molar-refractivity contribution in [2.45, 2.75) is 64.3 Å². The lowest BCUT2D eigenvalue weighted by Gasteiger charge is -2.31. The van der Waals surface area contributed by atoms with Crippen molar-refractivity contribution in [2.24, 2.45) is 5.73 Å². The van der Waals surface area contributed by atoms with Gasteiger partial charge in [-0.1, -0.05) is 20.3 Å². The van der Waals surface area contributed by atoms with E-state index in [1.165, 1.54) is 29.7 Å². The highest BCUT2D eigenvalue weighted by atomic mass is 32.1. The zero-order valence-electron chi connectivity index (χ0n) is 12.6. The Bertz CT molecular complexity index is 431. The van der Waals surface area contributed by atoms with Crippen LogP contribution in [-0.2, 0) is 12.8 Å². The average Bonchev–Trinajstić information content (AvgIpc) is 2.76. The summed E-state index contributed by atoms with van der Waals surface area (Å²) in [5, 5.41) is 3.17. The van der Waals surface area contributed by atoms with E-state index in [9.17, 15) is 4.79 Å². The van der Waals surface area contributed by atoms with E-state index in [1.54, 1.807) is 11.3 Å². The molecule has 0 saturated carbocycles. The van der Waals surface area contributed by atoms with Crippen LogP contribution in [0.15, 0.2) is 6.07 Å². The summed E-state index contributed by atoms with van der Waals surface area (Å²) in [7, 11) is 0. The van der Waals surface area contributed by atoms with E-state index in [4.69, 9.17) is 5.73 Å². The summed E-state index contributed by atoms with van der Waals surface area (Å²) in [6.45, 7) is 4.66. The van der Waals surface area contributed by atoms with Crippen LogP contribution in [0.2, 0.25) is 0 Å². The lowest BCUT2D eigenvalue weighted by Crippen LogP contribution is -2.52. The lowest BCUT2D eigenvalue weighted by molar-refractivity contribution is 0.0899. The van der Waals surface area contributed by atoms with Gasteiger partial charge in [-0.15, -0.1) is 11.3 Å². The molecule has 1 aromatic rings. The van der Waals surface area contributed by atoms with Gasteiger partial charge in [0, 0.05) is 11.4 Å². The molecule has 1 amide bonds. The van der Waals surface area contributed by atoms with Gasteiger partial charge in [0.2, 0.25) is 0 Å². The van der Waals surface area contributed by atoms with Gasteiger partial charge in [-0.3, -0.25) is 4.79 Å². The van der Waals surface area contributed by atoms with E-state index in [0.717, 1.165) is 30.6 Å². The second-order valence-corrected chi connectivity index (χ2v) is 6.90. The Morgan fingerprint density at radius 3 is 2.65 bits per heavy atom. The number of aryl methyl sites for hydroxylation is 2. The highest BCUT2D eigenvalue weighted by molar-refractivity contribution is 7.14. The quantitative estimate of drug-likeness (QED) is 0.819. The molecule has 0 spiro atoms. The Balaban J connectivity index is 2.13. The second kappa shape index (κ2) is 6.72. The van der Waals surface area contributed by atoms with Crippen LogP contribution in [0.3, 0.4) is 0 Å². The summed E-state index contributed by atoms with van der Waals surface area (Å²) < 4.78 is 0. The Hall–Kier alpha value is -0.870. The van der Waals surface area contributed by atoms with Crippen molar-refractivity contribution in [3.8, 4) is 0 Å². The van der Waals surface area contributed by atoms with Crippen molar-refractivity contribution in [3.05, 3.63) is 21.4 Å². The van der Waals surface area contributed by atoms with E-state index < -0.39 is 0 Å². The zero-order chi connectivity index (χ0) is 14.6. The van der Waals surface area contributed by atoms with E-state index in [1.807, 2.05) is 0 Å². The van der Waals surface area contributed by atoms with Crippen molar-refractivity contribution in [1.29, 1.82) is 0 Å². The lowest BCUT2D eigenvalue weighted by atomic mass is 9.93. The van der Waals surface area contributed by atoms with Crippen molar-refractivity contribution in [3.63, 3.8) is 0 Å². The third-order valence-electron chi connectivity index (χ3n) is 4.59. The molecule has 0 unspecified atom stereocenters. The van der Waals surface area contributed by atoms with Gasteiger partial charge in [0.1, 0.15) is 0 Å². The first-order chi connectivity index (χ1) is 9.64. The molecule has 2 rings (SSSR count). The summed E-state index contributed by atoms with van der Waals surface area (Å²) >= 11 is 1.68. The van der Waals surface area contributed by atoms with E-state index in [-0.39, 0.29) is 11.4 Å². The summed E-state index contributed by atoms with van der Waals surface area (Å²) in [5.41, 5.74) is 7.00. The monoisotopic (exact) mass is 294 g/mol. The average molecular weight is 294 g/mol. The number of nitrogens with one attached hydrogen (secondary N) is 1. The number of carbonyl (C=O) groups excluding carboxylic acids is 1. The minimum Gasteiger partial charge on any atom is -0.345 e. The van der Waals surface area contributed by atoms with Gasteiger partial charge in [0.25, 0.3) is 5.91 Å². The number of hydrogen-bond acceptors (Lipinski definition) is 3. The number of fused-ring (bicyclic) bond motifs is 1. The first-order valence-corrected chi connectivity index (χ1v) is 8.60. The molecule has 4 heteroatoms. The highest BCUT2D eigenvalue weighted by Crippen LogP contribution is 2.29. The van der Waals surface area contributed by atoms with Crippen LogP contribution in [0.4, 0.5) is 0 Å². The fourth-order valence-corrected chi connectivity index (χ4v) is 4.00. The normalized spacial score (nSPS) is 15.6. The number of rotatable bonds is 5. The Morgan fingerprint density at radius 1 is 1.30 bits per heavy atom. The molecule has 3 N–H and O–H groups in total. The van der Waals surface area contributed by atoms with Crippen LogP contribution in [-0.4, -0.2) is 18.0 Å². The van der Waals surface area contributed by atoms with Gasteiger partial charge in [0.15, 0.2) is 0 Å². The van der Waals surface area contributed by atoms with Gasteiger partial charge in [-0.25, -0.2) is 0 Å². The molecule has 112 valence electrons. The van der Waals surface area contributed by atoms with Crippen LogP contribution in [0.5, 0.6) is 0 Å². The van der Waals surface area contributed by atoms with Gasteiger partial charge < -0.3 is 11.1 Å². The van der Waals surface area contributed by atoms with Gasteiger partial charge in [0.05, 0.1) is 10.4 Å². The zero-order valence-corrected chi connectivity index (χ0v) is 13.4. The molecule has 0 aromatic carbocycles. The van der Waals surface area contributed by atoms with Crippen molar-refractivity contribution in [2.75, 3.05) is 6.54 Å². The maximum atomic E-state index is 12.5. The smallest absolute Gasteiger partial charge is 0.261 e. The van der Waals surface area contributed by atoms with Gasteiger partial charge in [-0.2, -0.15) is 0 Å². The molecular formula is C16H26N2OS. The van der Waals surface area contributed by atoms with E-state index in [2.05, 4.69) is 25.2 Å². The topological polar surface area (TPSA) is 55.1 Å². The molecule has 1 heterocycles. The second-order valence-electron chi connectivity index (χ2n) is 5.77. The summed E-state index contributed by atoms with van der Waals surface area (Å²) in [6, 6.07) is 2.10. The predicted octanol–water partition coefficient (Wildman–Crippen LogP) is 3.26. The highest BCUT2D eigenvalue weighted by Gasteiger charge is 2.28. The predicted molar refractivity (Wildman–Crippen MR) is 85.4 cm³/mol. The summed E-state index contributed by atoms with van der Waals surface area (Å²) in [6.07, 6.45) is 7.82. The molecule has 1 aliphatic carbocycles. The van der Waals surface area contributed by atoms with Crippen LogP contribution in [0.25, 0.3) is 0 Å². The molecular weight excluding hydrogens is 268 g/mol. The van der Waals surface area contributed by atoms with Crippen molar-refractivity contribution in [1.82, 2.24) is 5.32 Å². The molecule has 0 saturated heterocycles. The third-order valence-corrected chi connectivity index (χ3v) is 5.83. The number of nitrogens with two attached hydrogens (primary N) is 1. The molecule has 0 bridgehead atoms. The molecule has 0 radical (unpaired) electrons. The standard InChI is InChI=1S/C16H26N2OS/c1-3-16(4-2,11-17)18-15(19)14-10-12-8-6-5-7-9-13(12)20-14/h10H,3-9,11,17H2,1-2H3,(H,18,19). The number of thiophene rings is 1. The summed E-state index contributed by atoms with van der Waals surface area (Å²) in [4.78, 5) is 14.8. The molecule has 1 aromatic heterocycles. The van der Waals surface area contributed by atoms with Crippen LogP contribution >= 0.6 is 11.3 Å². The SMILES string of the molecule is CCC(CC)(CN)NC(=O)c1cc2c(s1)CCCCC2. The molecule has 0 fully saturated rings.